The van der Waals surface area contributed by atoms with Gasteiger partial charge < -0.3 is 9.80 Å². The normalized spacial score (nSPS) is 17.3. The molecule has 3 heteroatoms. The first kappa shape index (κ1) is 18.2. The number of fused-ring (bicyclic) bond motifs is 1. The van der Waals surface area contributed by atoms with Crippen LogP contribution >= 0.6 is 0 Å². The summed E-state index contributed by atoms with van der Waals surface area (Å²) < 4.78 is 0. The van der Waals surface area contributed by atoms with E-state index in [1.807, 2.05) is 0 Å². The summed E-state index contributed by atoms with van der Waals surface area (Å²) in [6, 6.07) is 9.17. The second-order valence-corrected chi connectivity index (χ2v) is 9.55. The van der Waals surface area contributed by atoms with Crippen molar-refractivity contribution < 1.29 is 0 Å². The molecular weight excluding hydrogens is 306 g/mol. The van der Waals surface area contributed by atoms with E-state index in [1.54, 1.807) is 0 Å². The summed E-state index contributed by atoms with van der Waals surface area (Å²) in [5.41, 5.74) is 5.18. The molecule has 0 amide bonds. The third-order valence-electron chi connectivity index (χ3n) is 5.24. The smallest absolute Gasteiger partial charge is 0.0729 e. The van der Waals surface area contributed by atoms with E-state index in [9.17, 15) is 0 Å². The van der Waals surface area contributed by atoms with Crippen LogP contribution in [0.5, 0.6) is 0 Å². The molecule has 3 nitrogen and oxygen atoms in total. The minimum atomic E-state index is 0.0536. The van der Waals surface area contributed by atoms with Crippen molar-refractivity contribution in [3.8, 4) is 0 Å². The van der Waals surface area contributed by atoms with Gasteiger partial charge in [0.2, 0.25) is 0 Å². The van der Waals surface area contributed by atoms with Gasteiger partial charge in [-0.25, -0.2) is 0 Å². The zero-order valence-corrected chi connectivity index (χ0v) is 17.0. The Morgan fingerprint density at radius 3 is 2.04 bits per heavy atom. The number of benzene rings is 1. The van der Waals surface area contributed by atoms with Crippen LogP contribution in [0.2, 0.25) is 0 Å². The maximum absolute atomic E-state index is 5.05. The number of hydrogen-bond acceptors (Lipinski definition) is 3. The molecule has 0 spiro atoms. The van der Waals surface area contributed by atoms with Crippen LogP contribution in [0.15, 0.2) is 24.3 Å². The molecule has 1 aliphatic rings. The lowest BCUT2D eigenvalue weighted by Gasteiger charge is -2.34. The summed E-state index contributed by atoms with van der Waals surface area (Å²) in [5.74, 6) is 0. The minimum Gasteiger partial charge on any atom is -0.369 e. The summed E-state index contributed by atoms with van der Waals surface area (Å²) in [4.78, 5) is 9.94. The molecule has 0 N–H and O–H groups in total. The minimum absolute atomic E-state index is 0.0536. The Kier molecular flexibility index (Phi) is 4.57. The van der Waals surface area contributed by atoms with Gasteiger partial charge in [-0.1, -0.05) is 47.6 Å². The van der Waals surface area contributed by atoms with Crippen molar-refractivity contribution in [2.24, 2.45) is 0 Å². The zero-order chi connectivity index (χ0) is 18.4. The van der Waals surface area contributed by atoms with Crippen LogP contribution in [0.1, 0.15) is 52.8 Å². The SMILES string of the molecule is CN1CCN(c2ccc3c(C(C)(C)C)cc(C(C)(C)C)nc3c2)CC1. The molecule has 136 valence electrons. The first-order chi connectivity index (χ1) is 11.6. The Balaban J connectivity index is 2.11. The van der Waals surface area contributed by atoms with E-state index in [0.717, 1.165) is 31.7 Å². The predicted octanol–water partition coefficient (Wildman–Crippen LogP) is 4.58. The Labute approximate surface area is 153 Å². The van der Waals surface area contributed by atoms with Crippen LogP contribution in [0, 0.1) is 0 Å². The van der Waals surface area contributed by atoms with Gasteiger partial charge in [-0.3, -0.25) is 4.98 Å². The fourth-order valence-electron chi connectivity index (χ4n) is 3.48. The van der Waals surface area contributed by atoms with E-state index < -0.39 is 0 Å². The third-order valence-corrected chi connectivity index (χ3v) is 5.24. The van der Waals surface area contributed by atoms with Gasteiger partial charge in [0, 0.05) is 48.4 Å². The highest BCUT2D eigenvalue weighted by Gasteiger charge is 2.24. The molecular formula is C22H33N3. The van der Waals surface area contributed by atoms with Crippen molar-refractivity contribution >= 4 is 16.6 Å². The standard InChI is InChI=1S/C22H33N3/c1-21(2,3)18-15-20(22(4,5)6)23-19-14-16(8-9-17(18)19)25-12-10-24(7)11-13-25/h8-9,14-15H,10-13H2,1-7H3. The molecule has 1 aromatic carbocycles. The number of hydrogen-bond donors (Lipinski definition) is 0. The first-order valence-corrected chi connectivity index (χ1v) is 9.45. The van der Waals surface area contributed by atoms with Crippen LogP contribution in [-0.4, -0.2) is 43.1 Å². The third kappa shape index (κ3) is 3.82. The van der Waals surface area contributed by atoms with Gasteiger partial charge in [0.05, 0.1) is 5.52 Å². The van der Waals surface area contributed by atoms with E-state index in [2.05, 4.69) is 82.7 Å². The summed E-state index contributed by atoms with van der Waals surface area (Å²) in [6.07, 6.45) is 0. The molecule has 2 aromatic rings. The summed E-state index contributed by atoms with van der Waals surface area (Å²) in [7, 11) is 2.20. The summed E-state index contributed by atoms with van der Waals surface area (Å²) >= 11 is 0. The van der Waals surface area contributed by atoms with E-state index in [1.165, 1.54) is 22.3 Å². The predicted molar refractivity (Wildman–Crippen MR) is 109 cm³/mol. The van der Waals surface area contributed by atoms with Crippen molar-refractivity contribution in [2.75, 3.05) is 38.1 Å². The molecule has 25 heavy (non-hydrogen) atoms. The lowest BCUT2D eigenvalue weighted by atomic mass is 9.81. The number of piperazine rings is 1. The van der Waals surface area contributed by atoms with Gasteiger partial charge in [-0.05, 0) is 36.2 Å². The van der Waals surface area contributed by atoms with Gasteiger partial charge in [-0.15, -0.1) is 0 Å². The largest absolute Gasteiger partial charge is 0.369 e. The van der Waals surface area contributed by atoms with E-state index in [4.69, 9.17) is 4.98 Å². The van der Waals surface area contributed by atoms with Crippen LogP contribution in [0.3, 0.4) is 0 Å². The number of nitrogens with zero attached hydrogens (tertiary/aromatic N) is 3. The number of likely N-dealkylation sites (N-methyl/N-ethyl adjacent to an activating group) is 1. The Morgan fingerprint density at radius 1 is 0.840 bits per heavy atom. The average molecular weight is 340 g/mol. The molecule has 0 aliphatic carbocycles. The second kappa shape index (κ2) is 6.28. The molecule has 1 saturated heterocycles. The topological polar surface area (TPSA) is 19.4 Å². The highest BCUT2D eigenvalue weighted by Crippen LogP contribution is 2.34. The molecule has 1 aliphatic heterocycles. The Hall–Kier alpha value is -1.61. The van der Waals surface area contributed by atoms with Crippen LogP contribution in [0.25, 0.3) is 10.9 Å². The fourth-order valence-corrected chi connectivity index (χ4v) is 3.48. The number of aromatic nitrogens is 1. The highest BCUT2D eigenvalue weighted by molar-refractivity contribution is 5.86. The average Bonchev–Trinajstić information content (AvgIpc) is 2.52. The molecule has 0 radical (unpaired) electrons. The monoisotopic (exact) mass is 339 g/mol. The van der Waals surface area contributed by atoms with Crippen molar-refractivity contribution in [3.05, 3.63) is 35.5 Å². The van der Waals surface area contributed by atoms with Crippen LogP contribution in [0.4, 0.5) is 5.69 Å². The molecule has 0 saturated carbocycles. The summed E-state index contributed by atoms with van der Waals surface area (Å²) in [6.45, 7) is 18.1. The molecule has 0 bridgehead atoms. The number of anilines is 1. The van der Waals surface area contributed by atoms with Crippen LogP contribution in [-0.2, 0) is 10.8 Å². The lowest BCUT2D eigenvalue weighted by Crippen LogP contribution is -2.44. The van der Waals surface area contributed by atoms with E-state index in [-0.39, 0.29) is 10.8 Å². The maximum Gasteiger partial charge on any atom is 0.0729 e. The molecule has 3 rings (SSSR count). The number of rotatable bonds is 1. The Morgan fingerprint density at radius 2 is 1.48 bits per heavy atom. The van der Waals surface area contributed by atoms with Crippen molar-refractivity contribution in [1.82, 2.24) is 9.88 Å². The first-order valence-electron chi connectivity index (χ1n) is 9.45. The van der Waals surface area contributed by atoms with Gasteiger partial charge in [0.1, 0.15) is 0 Å². The van der Waals surface area contributed by atoms with Crippen LogP contribution < -0.4 is 4.90 Å². The maximum atomic E-state index is 5.05. The van der Waals surface area contributed by atoms with Gasteiger partial charge in [0.15, 0.2) is 0 Å². The fraction of sp³-hybridized carbons (Fsp3) is 0.591. The molecule has 0 unspecified atom stereocenters. The van der Waals surface area contributed by atoms with Gasteiger partial charge in [-0.2, -0.15) is 0 Å². The van der Waals surface area contributed by atoms with Crippen molar-refractivity contribution in [2.45, 2.75) is 52.4 Å². The lowest BCUT2D eigenvalue weighted by molar-refractivity contribution is 0.313. The van der Waals surface area contributed by atoms with E-state index >= 15 is 0 Å². The zero-order valence-electron chi connectivity index (χ0n) is 17.0. The summed E-state index contributed by atoms with van der Waals surface area (Å²) in [5, 5.41) is 1.29. The van der Waals surface area contributed by atoms with E-state index in [0.29, 0.717) is 0 Å². The van der Waals surface area contributed by atoms with Gasteiger partial charge in [0.25, 0.3) is 0 Å². The van der Waals surface area contributed by atoms with Crippen molar-refractivity contribution in [1.29, 1.82) is 0 Å². The molecule has 2 heterocycles. The molecule has 1 fully saturated rings. The Bertz CT molecular complexity index is 757. The molecule has 1 aromatic heterocycles. The second-order valence-electron chi connectivity index (χ2n) is 9.55. The number of pyridine rings is 1. The molecule has 0 atom stereocenters. The van der Waals surface area contributed by atoms with Crippen molar-refractivity contribution in [3.63, 3.8) is 0 Å². The highest BCUT2D eigenvalue weighted by atomic mass is 15.2. The van der Waals surface area contributed by atoms with Gasteiger partial charge >= 0.3 is 0 Å². The quantitative estimate of drug-likeness (QED) is 0.758.